The minimum atomic E-state index is 0.0533. The van der Waals surface area contributed by atoms with Gasteiger partial charge in [-0.15, -0.1) is 0 Å². The summed E-state index contributed by atoms with van der Waals surface area (Å²) in [6.07, 6.45) is 3.71. The summed E-state index contributed by atoms with van der Waals surface area (Å²) in [4.78, 5) is 18.5. The molecule has 0 aliphatic rings. The number of halogens is 1. The van der Waals surface area contributed by atoms with Crippen molar-refractivity contribution >= 4 is 21.9 Å². The molecule has 2 rings (SSSR count). The maximum absolute atomic E-state index is 11.7. The summed E-state index contributed by atoms with van der Waals surface area (Å²) in [6.45, 7) is 5.16. The monoisotopic (exact) mass is 418 g/mol. The lowest BCUT2D eigenvalue weighted by Crippen LogP contribution is -2.38. The predicted octanol–water partition coefficient (Wildman–Crippen LogP) is 3.49. The highest BCUT2D eigenvalue weighted by atomic mass is 79.9. The molecule has 1 aromatic carbocycles. The number of aliphatic imine (C=N–C) groups is 1. The zero-order valence-corrected chi connectivity index (χ0v) is 17.1. The smallest absolute Gasteiger partial charge is 0.250 e. The van der Waals surface area contributed by atoms with Crippen LogP contribution in [0.15, 0.2) is 62.9 Å². The number of hydrogen-bond donors (Lipinski definition) is 1. The normalized spacial score (nSPS) is 11.4. The molecule has 140 valence electrons. The van der Waals surface area contributed by atoms with Gasteiger partial charge in [-0.1, -0.05) is 40.2 Å². The van der Waals surface area contributed by atoms with Crippen molar-refractivity contribution in [3.8, 4) is 0 Å². The van der Waals surface area contributed by atoms with Gasteiger partial charge in [0.15, 0.2) is 5.96 Å². The molecule has 0 radical (unpaired) electrons. The van der Waals surface area contributed by atoms with Gasteiger partial charge in [-0.2, -0.15) is 0 Å². The lowest BCUT2D eigenvalue weighted by molar-refractivity contribution is 0.474. The zero-order valence-electron chi connectivity index (χ0n) is 15.5. The van der Waals surface area contributed by atoms with E-state index in [1.807, 2.05) is 31.4 Å². The van der Waals surface area contributed by atoms with Crippen molar-refractivity contribution < 1.29 is 0 Å². The Balaban J connectivity index is 1.86. The topological polar surface area (TPSA) is 49.6 Å². The first-order valence-electron chi connectivity index (χ1n) is 9.00. The summed E-state index contributed by atoms with van der Waals surface area (Å²) >= 11 is 3.60. The molecule has 0 spiro atoms. The Labute approximate surface area is 163 Å². The molecule has 0 fully saturated rings. The van der Waals surface area contributed by atoms with Gasteiger partial charge in [0.2, 0.25) is 5.56 Å². The predicted molar refractivity (Wildman–Crippen MR) is 112 cm³/mol. The lowest BCUT2D eigenvalue weighted by Gasteiger charge is -2.22. The van der Waals surface area contributed by atoms with Crippen LogP contribution >= 0.6 is 15.9 Å². The zero-order chi connectivity index (χ0) is 18.8. The van der Waals surface area contributed by atoms with Crippen molar-refractivity contribution in [1.29, 1.82) is 0 Å². The first kappa shape index (κ1) is 20.2. The maximum Gasteiger partial charge on any atom is 0.250 e. The summed E-state index contributed by atoms with van der Waals surface area (Å²) in [6, 6.07) is 13.5. The highest BCUT2D eigenvalue weighted by Gasteiger charge is 2.08. The highest BCUT2D eigenvalue weighted by molar-refractivity contribution is 9.10. The van der Waals surface area contributed by atoms with E-state index < -0.39 is 0 Å². The molecule has 0 saturated carbocycles. The van der Waals surface area contributed by atoms with Crippen LogP contribution in [-0.2, 0) is 13.1 Å². The van der Waals surface area contributed by atoms with Crippen LogP contribution in [0.4, 0.5) is 0 Å². The molecular formula is C20H27BrN4O. The highest BCUT2D eigenvalue weighted by Crippen LogP contribution is 2.17. The van der Waals surface area contributed by atoms with E-state index in [9.17, 15) is 4.79 Å². The molecule has 0 aliphatic heterocycles. The maximum atomic E-state index is 11.7. The van der Waals surface area contributed by atoms with Crippen molar-refractivity contribution in [1.82, 2.24) is 14.8 Å². The van der Waals surface area contributed by atoms with Crippen LogP contribution < -0.4 is 10.9 Å². The van der Waals surface area contributed by atoms with Crippen LogP contribution in [0.3, 0.4) is 0 Å². The van der Waals surface area contributed by atoms with E-state index in [4.69, 9.17) is 4.99 Å². The Hall–Kier alpha value is -2.08. The van der Waals surface area contributed by atoms with Crippen LogP contribution in [0.25, 0.3) is 0 Å². The molecule has 0 aliphatic carbocycles. The van der Waals surface area contributed by atoms with E-state index in [2.05, 4.69) is 45.2 Å². The van der Waals surface area contributed by atoms with Crippen molar-refractivity contribution in [3.63, 3.8) is 0 Å². The van der Waals surface area contributed by atoms with Gasteiger partial charge in [0.05, 0.1) is 0 Å². The van der Waals surface area contributed by atoms with Gasteiger partial charge in [-0.3, -0.25) is 9.79 Å². The molecule has 26 heavy (non-hydrogen) atoms. The van der Waals surface area contributed by atoms with E-state index in [0.717, 1.165) is 49.5 Å². The Morgan fingerprint density at radius 1 is 1.19 bits per heavy atom. The Morgan fingerprint density at radius 3 is 2.69 bits per heavy atom. The molecule has 1 heterocycles. The number of guanidine groups is 1. The molecule has 1 N–H and O–H groups in total. The summed E-state index contributed by atoms with van der Waals surface area (Å²) in [5.74, 6) is 0.903. The standard InChI is InChI=1S/C20H27BrN4O/c1-3-22-20(24(2)16-17-10-4-5-11-18(17)21)23-13-7-9-15-25-14-8-6-12-19(25)26/h4-6,8,10-12,14H,3,7,9,13,15-16H2,1-2H3,(H,22,23). The van der Waals surface area contributed by atoms with Crippen LogP contribution in [0, 0.1) is 0 Å². The van der Waals surface area contributed by atoms with Crippen LogP contribution in [0.1, 0.15) is 25.3 Å². The fourth-order valence-corrected chi connectivity index (χ4v) is 3.06. The number of unbranched alkanes of at least 4 members (excludes halogenated alkanes) is 1. The molecular weight excluding hydrogens is 392 g/mol. The van der Waals surface area contributed by atoms with E-state index in [-0.39, 0.29) is 5.56 Å². The average molecular weight is 419 g/mol. The second-order valence-corrected chi connectivity index (χ2v) is 6.98. The van der Waals surface area contributed by atoms with Crippen LogP contribution in [-0.4, -0.2) is 35.6 Å². The number of aryl methyl sites for hydroxylation is 1. The quantitative estimate of drug-likeness (QED) is 0.405. The van der Waals surface area contributed by atoms with E-state index in [1.165, 1.54) is 5.56 Å². The molecule has 0 saturated heterocycles. The Bertz CT molecular complexity index is 772. The second-order valence-electron chi connectivity index (χ2n) is 6.12. The van der Waals surface area contributed by atoms with Crippen LogP contribution in [0.5, 0.6) is 0 Å². The minimum Gasteiger partial charge on any atom is -0.357 e. The van der Waals surface area contributed by atoms with Gasteiger partial charge in [-0.05, 0) is 37.5 Å². The lowest BCUT2D eigenvalue weighted by atomic mass is 10.2. The van der Waals surface area contributed by atoms with Crippen molar-refractivity contribution in [2.75, 3.05) is 20.1 Å². The summed E-state index contributed by atoms with van der Waals surface area (Å²) in [5, 5.41) is 3.35. The number of rotatable bonds is 8. The number of nitrogens with one attached hydrogen (secondary N) is 1. The fraction of sp³-hybridized carbons (Fsp3) is 0.400. The van der Waals surface area contributed by atoms with Gasteiger partial charge in [0, 0.05) is 50.0 Å². The van der Waals surface area contributed by atoms with E-state index >= 15 is 0 Å². The van der Waals surface area contributed by atoms with Gasteiger partial charge < -0.3 is 14.8 Å². The summed E-state index contributed by atoms with van der Waals surface area (Å²) in [7, 11) is 2.05. The first-order chi connectivity index (χ1) is 12.6. The largest absolute Gasteiger partial charge is 0.357 e. The second kappa shape index (κ2) is 10.8. The third-order valence-corrected chi connectivity index (χ3v) is 4.80. The van der Waals surface area contributed by atoms with E-state index in [1.54, 1.807) is 16.7 Å². The molecule has 0 unspecified atom stereocenters. The number of pyridine rings is 1. The number of hydrogen-bond acceptors (Lipinski definition) is 2. The van der Waals surface area contributed by atoms with Gasteiger partial charge in [0.1, 0.15) is 0 Å². The molecule has 2 aromatic rings. The molecule has 5 nitrogen and oxygen atoms in total. The minimum absolute atomic E-state index is 0.0533. The van der Waals surface area contributed by atoms with Crippen molar-refractivity contribution in [2.45, 2.75) is 32.9 Å². The summed E-state index contributed by atoms with van der Waals surface area (Å²) in [5.41, 5.74) is 1.28. The SMILES string of the molecule is CCNC(=NCCCCn1ccccc1=O)N(C)Cc1ccccc1Br. The number of benzene rings is 1. The first-order valence-corrected chi connectivity index (χ1v) is 9.79. The Morgan fingerprint density at radius 2 is 1.96 bits per heavy atom. The van der Waals surface area contributed by atoms with Crippen molar-refractivity contribution in [3.05, 3.63) is 69.1 Å². The van der Waals surface area contributed by atoms with Gasteiger partial charge in [0.25, 0.3) is 0 Å². The fourth-order valence-electron chi connectivity index (χ4n) is 2.65. The Kier molecular flexibility index (Phi) is 8.41. The third kappa shape index (κ3) is 6.33. The van der Waals surface area contributed by atoms with Crippen LogP contribution in [0.2, 0.25) is 0 Å². The van der Waals surface area contributed by atoms with Gasteiger partial charge in [-0.25, -0.2) is 0 Å². The molecule has 0 amide bonds. The van der Waals surface area contributed by atoms with E-state index in [0.29, 0.717) is 0 Å². The average Bonchev–Trinajstić information content (AvgIpc) is 2.64. The van der Waals surface area contributed by atoms with Gasteiger partial charge >= 0.3 is 0 Å². The molecule has 0 atom stereocenters. The molecule has 6 heteroatoms. The third-order valence-electron chi connectivity index (χ3n) is 4.03. The summed E-state index contributed by atoms with van der Waals surface area (Å²) < 4.78 is 2.85. The number of nitrogens with zero attached hydrogens (tertiary/aromatic N) is 3. The number of aromatic nitrogens is 1. The molecule has 0 bridgehead atoms. The molecule has 1 aromatic heterocycles. The van der Waals surface area contributed by atoms with Crippen molar-refractivity contribution in [2.24, 2.45) is 4.99 Å².